The number of nitrogens with one attached hydrogen (secondary N) is 3. The summed E-state index contributed by atoms with van der Waals surface area (Å²) < 4.78 is 50.8. The van der Waals surface area contributed by atoms with Crippen LogP contribution in [0, 0.1) is 50.6 Å². The smallest absolute Gasteiger partial charge is 0.870 e. The van der Waals surface area contributed by atoms with Crippen molar-refractivity contribution < 1.29 is 141 Å². The molecule has 5 rings (SSSR count). The number of nitrogens with zero attached hydrogens (tertiary/aromatic N) is 9. The number of primary amides is 3. The average Bonchev–Trinajstić information content (AvgIpc) is 0.805. The monoisotopic (exact) mass is 1830 g/mol. The number of ketones is 1. The number of hydrogen-bond donors (Lipinski definition) is 10. The average molecular weight is 1830 g/mol. The zero-order valence-corrected chi connectivity index (χ0v) is 72.1. The standard InChI is InChI=1S/C16H23FN4O6.C16H21FN4O6.C12H16N2O5.C10H12N2O5.C7H13BrO2.C6H13FN2O2.C5H4N2O3.Na.H2O/c2*1-2-4-11(20-8-3-5-12(16(20)25)21(26)27)15(24)19-10(13(22)9-17)6-7-14(18)23;1-3-6-10(12(16)19-4-2)13-8-5-7-9(11(13)15)14(17)18;1-2-4-8(10(14)15)11-6-3-5-7(9(11)13)12(16)17;1-3-5-6(8)7(9)10-4-2;7-3-5(10)4(8)1-2-6(9)11;8-5-4(7(9)10)2-1-3-6-5;;/h3,5,8,10-11,13,22H,2,4,6-7,9H2,1H3,(H2,18,23)(H,19,24);3,5,8,10-11H,2,4,6-7,9H2,1H3,(H2,18,23)(H,19,24);5,7-8,10H,3-4,6H2,1-2H3;3,5-6,8H,2,4H2,1H3,(H,14,15);6H,3-5H2,1-2H3;4-5,10H,1-3,8H2,(H2,9,11);1-3H,(H,6,8);;1H2/q;;;;;;;+1;/p-1. The quantitative estimate of drug-likeness (QED) is 0.00870. The summed E-state index contributed by atoms with van der Waals surface area (Å²) in [5.41, 5.74) is 12.9. The fourth-order valence-electron chi connectivity index (χ4n) is 10.2. The summed E-state index contributed by atoms with van der Waals surface area (Å²) in [6.07, 6.45) is 8.25. The maximum Gasteiger partial charge on any atom is 1.00 e. The number of nitrogens with two attached hydrogens (primary N) is 4. The number of esters is 2. The number of ether oxygens (including phenoxy) is 2. The van der Waals surface area contributed by atoms with Crippen molar-refractivity contribution in [3.8, 4) is 0 Å². The molecule has 680 valence electrons. The van der Waals surface area contributed by atoms with Gasteiger partial charge in [0.15, 0.2) is 5.78 Å². The molecule has 0 aromatic carbocycles. The number of H-pyrrole nitrogens is 1. The molecule has 0 spiro atoms. The first-order valence-corrected chi connectivity index (χ1v) is 38.1. The van der Waals surface area contributed by atoms with E-state index in [0.29, 0.717) is 38.7 Å². The van der Waals surface area contributed by atoms with Gasteiger partial charge in [-0.25, -0.2) is 22.8 Å². The molecule has 5 aromatic heterocycles. The van der Waals surface area contributed by atoms with Crippen molar-refractivity contribution in [3.05, 3.63) is 194 Å². The van der Waals surface area contributed by atoms with E-state index in [1.165, 1.54) is 61.3 Å². The Balaban J connectivity index is -0.000000692. The number of aliphatic hydroxyl groups is 2. The molecule has 46 nitrogen and oxygen atoms in total. The van der Waals surface area contributed by atoms with Gasteiger partial charge in [0.2, 0.25) is 29.5 Å². The van der Waals surface area contributed by atoms with Crippen LogP contribution in [-0.2, 0) is 52.6 Å². The Morgan fingerprint density at radius 1 is 0.480 bits per heavy atom. The molecular formula is C72H103BrF3N16NaO30. The number of carbonyl (C=O) groups excluding carboxylic acids is 8. The summed E-state index contributed by atoms with van der Waals surface area (Å²) in [6, 6.07) is 4.79. The Kier molecular flexibility index (Phi) is 61.3. The Morgan fingerprint density at radius 2 is 0.805 bits per heavy atom. The maximum atomic E-state index is 12.8. The summed E-state index contributed by atoms with van der Waals surface area (Å²) in [6.45, 7) is 9.90. The van der Waals surface area contributed by atoms with Crippen LogP contribution in [0.3, 0.4) is 0 Å². The predicted molar refractivity (Wildman–Crippen MR) is 431 cm³/mol. The number of pyridine rings is 5. The summed E-state index contributed by atoms with van der Waals surface area (Å²) >= 11 is 3.23. The number of rotatable bonds is 43. The summed E-state index contributed by atoms with van der Waals surface area (Å²) in [7, 11) is 0. The number of nitro groups is 5. The molecule has 0 bridgehead atoms. The van der Waals surface area contributed by atoms with Crippen molar-refractivity contribution in [1.29, 1.82) is 0 Å². The van der Waals surface area contributed by atoms with Crippen LogP contribution < -0.4 is 90.9 Å². The number of carbonyl (C=O) groups is 9. The van der Waals surface area contributed by atoms with E-state index in [2.05, 4.69) is 31.5 Å². The van der Waals surface area contributed by atoms with Crippen molar-refractivity contribution in [2.24, 2.45) is 22.9 Å². The van der Waals surface area contributed by atoms with Gasteiger partial charge in [-0.15, -0.1) is 0 Å². The van der Waals surface area contributed by atoms with Crippen LogP contribution in [0.2, 0.25) is 0 Å². The van der Waals surface area contributed by atoms with Gasteiger partial charge in [0.1, 0.15) is 55.1 Å². The number of halogens is 4. The van der Waals surface area contributed by atoms with Crippen molar-refractivity contribution in [1.82, 2.24) is 33.9 Å². The topological polar surface area (TPSA) is 727 Å². The number of amides is 5. The van der Waals surface area contributed by atoms with Crippen LogP contribution in [0.5, 0.6) is 0 Å². The third-order valence-electron chi connectivity index (χ3n) is 16.3. The van der Waals surface area contributed by atoms with Gasteiger partial charge in [-0.1, -0.05) is 82.7 Å². The molecule has 0 fully saturated rings. The third-order valence-corrected chi connectivity index (χ3v) is 17.1. The molecular weight excluding hydrogens is 1730 g/mol. The molecule has 10 atom stereocenters. The van der Waals surface area contributed by atoms with Gasteiger partial charge in [-0.05, 0) is 95.5 Å². The molecule has 0 aliphatic rings. The Morgan fingerprint density at radius 3 is 1.13 bits per heavy atom. The molecule has 0 aliphatic heterocycles. The molecule has 15 N–H and O–H groups in total. The number of alkyl halides is 4. The predicted octanol–water partition coefficient (Wildman–Crippen LogP) is 1.54. The summed E-state index contributed by atoms with van der Waals surface area (Å²) in [5, 5.41) is 85.4. The maximum absolute atomic E-state index is 12.8. The van der Waals surface area contributed by atoms with Gasteiger partial charge in [0.05, 0.1) is 56.0 Å². The number of carboxylic acid groups (broad SMARTS) is 1. The molecule has 0 aliphatic carbocycles. The van der Waals surface area contributed by atoms with E-state index in [-0.39, 0.29) is 110 Å². The molecule has 0 saturated carbocycles. The van der Waals surface area contributed by atoms with Gasteiger partial charge in [-0.3, -0.25) is 126 Å². The van der Waals surface area contributed by atoms with E-state index in [1.54, 1.807) is 27.7 Å². The zero-order chi connectivity index (χ0) is 92.9. The van der Waals surface area contributed by atoms with Crippen molar-refractivity contribution in [3.63, 3.8) is 0 Å². The minimum absolute atomic E-state index is 0. The van der Waals surface area contributed by atoms with Crippen molar-refractivity contribution >= 4 is 97.6 Å². The number of hydrogen-bond acceptors (Lipinski definition) is 30. The second-order valence-electron chi connectivity index (χ2n) is 25.3. The Bertz CT molecular complexity index is 4560. The van der Waals surface area contributed by atoms with Crippen LogP contribution in [0.4, 0.5) is 41.6 Å². The molecule has 0 radical (unpaired) electrons. The number of Topliss-reactive ketones (excluding diaryl/α,β-unsaturated/α-hetero) is 1. The normalized spacial score (nSPS) is 12.6. The second-order valence-corrected chi connectivity index (χ2v) is 26.4. The van der Waals surface area contributed by atoms with Crippen LogP contribution >= 0.6 is 15.9 Å². The number of aromatic amines is 1. The van der Waals surface area contributed by atoms with E-state index in [9.17, 15) is 136 Å². The zero-order valence-electron chi connectivity index (χ0n) is 68.5. The molecule has 5 aromatic rings. The first kappa shape index (κ1) is 118. The van der Waals surface area contributed by atoms with Crippen LogP contribution in [0.15, 0.2) is 116 Å². The van der Waals surface area contributed by atoms with E-state index in [0.717, 1.165) is 61.4 Å². The van der Waals surface area contributed by atoms with E-state index >= 15 is 0 Å². The fourth-order valence-corrected chi connectivity index (χ4v) is 10.8. The molecule has 0 saturated heterocycles. The first-order chi connectivity index (χ1) is 57.0. The molecule has 5 amide bonds. The van der Waals surface area contributed by atoms with Crippen LogP contribution in [0.1, 0.15) is 175 Å². The number of aromatic nitrogens is 5. The first-order valence-electron chi connectivity index (χ1n) is 37.2. The molecule has 123 heavy (non-hydrogen) atoms. The Labute approximate surface area is 729 Å². The van der Waals surface area contributed by atoms with E-state index < -0.39 is 203 Å². The van der Waals surface area contributed by atoms with Crippen molar-refractivity contribution in [2.45, 2.75) is 211 Å². The number of aliphatic carboxylic acids is 1. The van der Waals surface area contributed by atoms with E-state index in [4.69, 9.17) is 42.6 Å². The van der Waals surface area contributed by atoms with Gasteiger partial charge in [0.25, 0.3) is 0 Å². The molecule has 10 unspecified atom stereocenters. The largest absolute Gasteiger partial charge is 1.00 e. The van der Waals surface area contributed by atoms with Gasteiger partial charge in [-0.2, -0.15) is 0 Å². The van der Waals surface area contributed by atoms with Gasteiger partial charge >= 0.3 is 104 Å². The number of aliphatic hydroxyl groups excluding tert-OH is 2. The minimum atomic E-state index is -1.56. The van der Waals surface area contributed by atoms with Gasteiger partial charge < -0.3 is 68.8 Å². The molecule has 5 heterocycles. The number of carboxylic acids is 1. The summed E-state index contributed by atoms with van der Waals surface area (Å²) in [4.78, 5) is 213. The minimum Gasteiger partial charge on any atom is -0.870 e. The van der Waals surface area contributed by atoms with Crippen molar-refractivity contribution in [2.75, 3.05) is 33.2 Å². The van der Waals surface area contributed by atoms with E-state index in [1.807, 2.05) is 20.8 Å². The molecule has 51 heteroatoms. The summed E-state index contributed by atoms with van der Waals surface area (Å²) in [5.74, 6) is -6.21. The fraction of sp³-hybridized carbons (Fsp3) is 0.528. The third kappa shape index (κ3) is 43.1. The van der Waals surface area contributed by atoms with Crippen LogP contribution in [-0.4, -0.2) is 190 Å². The Hall–Kier alpha value is -11.7. The van der Waals surface area contributed by atoms with Gasteiger partial charge in [0, 0.05) is 86.6 Å². The van der Waals surface area contributed by atoms with Crippen LogP contribution in [0.25, 0.3) is 0 Å². The second kappa shape index (κ2) is 64.2. The SMILES string of the molecule is CCCC(Br)C(=O)OCC.CCCC(C(=O)NC(CCC(N)=O)C(=O)CF)n1cccc([N+](=O)[O-])c1=O.CCCC(C(=O)NC(CCC(N)=O)C(O)CF)n1cccc([N+](=O)[O-])c1=O.CCCC(C(=O)O)n1cccc([N+](=O)[O-])c1=O.CCCC(C(=O)OCC)n1cccc([N+](=O)[O-])c1=O.NC(=O)CCC(N)C(O)CF.O=c1[nH]cccc1[N+](=O)[O-].[Na+].[OH-].